The molecule has 84 valence electrons. The first-order chi connectivity index (χ1) is 7.66. The zero-order valence-electron chi connectivity index (χ0n) is 8.39. The number of nitrogens with one attached hydrogen (secondary N) is 1. The molecule has 0 aliphatic rings. The first-order valence-corrected chi connectivity index (χ1v) is 5.53. The molecule has 16 heavy (non-hydrogen) atoms. The summed E-state index contributed by atoms with van der Waals surface area (Å²) in [6.45, 7) is 0. The van der Waals surface area contributed by atoms with Crippen LogP contribution in [0, 0.1) is 0 Å². The number of anilines is 1. The van der Waals surface area contributed by atoms with Gasteiger partial charge in [0.1, 0.15) is 5.82 Å². The lowest BCUT2D eigenvalue weighted by atomic mass is 10.1. The molecule has 5 nitrogen and oxygen atoms in total. The molecular formula is C10H11BrN4O. The topological polar surface area (TPSA) is 87.8 Å². The molecule has 0 aliphatic carbocycles. The second kappa shape index (κ2) is 4.63. The summed E-state index contributed by atoms with van der Waals surface area (Å²) < 4.78 is 0.911. The van der Waals surface area contributed by atoms with Gasteiger partial charge < -0.3 is 10.8 Å². The van der Waals surface area contributed by atoms with Crippen LogP contribution in [0.25, 0.3) is 0 Å². The van der Waals surface area contributed by atoms with Crippen molar-refractivity contribution in [2.24, 2.45) is 0 Å². The van der Waals surface area contributed by atoms with Crippen LogP contribution < -0.4 is 5.73 Å². The van der Waals surface area contributed by atoms with Crippen LogP contribution in [0.2, 0.25) is 0 Å². The fourth-order valence-electron chi connectivity index (χ4n) is 1.41. The smallest absolute Gasteiger partial charge is 0.124 e. The molecule has 0 saturated carbocycles. The summed E-state index contributed by atoms with van der Waals surface area (Å²) in [7, 11) is 0. The van der Waals surface area contributed by atoms with Gasteiger partial charge in [-0.1, -0.05) is 0 Å². The van der Waals surface area contributed by atoms with Crippen molar-refractivity contribution >= 4 is 21.7 Å². The molecule has 6 heteroatoms. The minimum absolute atomic E-state index is 0.393. The molecule has 0 radical (unpaired) electrons. The van der Waals surface area contributed by atoms with Crippen molar-refractivity contribution in [1.29, 1.82) is 0 Å². The molecule has 2 heterocycles. The highest BCUT2D eigenvalue weighted by Crippen LogP contribution is 2.21. The number of aromatic amines is 1. The molecule has 2 rings (SSSR count). The zero-order chi connectivity index (χ0) is 11.5. The number of aromatic nitrogens is 3. The van der Waals surface area contributed by atoms with Crippen LogP contribution >= 0.6 is 15.9 Å². The van der Waals surface area contributed by atoms with E-state index < -0.39 is 6.10 Å². The second-order valence-corrected chi connectivity index (χ2v) is 4.34. The zero-order valence-corrected chi connectivity index (χ0v) is 9.98. The van der Waals surface area contributed by atoms with Crippen LogP contribution in [0.4, 0.5) is 5.82 Å². The molecule has 0 aromatic carbocycles. The Balaban J connectivity index is 2.10. The van der Waals surface area contributed by atoms with Gasteiger partial charge in [0.2, 0.25) is 0 Å². The highest BCUT2D eigenvalue weighted by Gasteiger charge is 2.13. The number of hydrogen-bond acceptors (Lipinski definition) is 4. The lowest BCUT2D eigenvalue weighted by Gasteiger charge is -2.08. The van der Waals surface area contributed by atoms with Crippen LogP contribution in [0.3, 0.4) is 0 Å². The molecule has 4 N–H and O–H groups in total. The van der Waals surface area contributed by atoms with E-state index in [0.29, 0.717) is 17.8 Å². The van der Waals surface area contributed by atoms with E-state index in [0.717, 1.165) is 10.2 Å². The fraction of sp³-hybridized carbons (Fsp3) is 0.200. The van der Waals surface area contributed by atoms with Crippen LogP contribution in [-0.4, -0.2) is 20.3 Å². The Morgan fingerprint density at radius 2 is 2.25 bits per heavy atom. The van der Waals surface area contributed by atoms with Crippen LogP contribution in [0.15, 0.2) is 29.0 Å². The number of aliphatic hydroxyl groups excluding tert-OH is 1. The first-order valence-electron chi connectivity index (χ1n) is 4.74. The summed E-state index contributed by atoms with van der Waals surface area (Å²) in [5.74, 6) is 0.393. The lowest BCUT2D eigenvalue weighted by molar-refractivity contribution is 0.178. The number of pyridine rings is 1. The molecule has 0 fully saturated rings. The highest BCUT2D eigenvalue weighted by molar-refractivity contribution is 9.10. The summed E-state index contributed by atoms with van der Waals surface area (Å²) >= 11 is 3.30. The predicted molar refractivity (Wildman–Crippen MR) is 63.6 cm³/mol. The molecule has 0 spiro atoms. The van der Waals surface area contributed by atoms with E-state index >= 15 is 0 Å². The molecule has 0 saturated heterocycles. The molecule has 1 atom stereocenters. The van der Waals surface area contributed by atoms with Crippen LogP contribution in [-0.2, 0) is 6.42 Å². The number of nitrogens with zero attached hydrogens (tertiary/aromatic N) is 2. The molecule has 0 aliphatic heterocycles. The third-order valence-corrected chi connectivity index (χ3v) is 2.72. The maximum Gasteiger partial charge on any atom is 0.124 e. The molecule has 1 unspecified atom stereocenters. The Kier molecular flexibility index (Phi) is 3.21. The van der Waals surface area contributed by atoms with E-state index in [-0.39, 0.29) is 0 Å². The first kappa shape index (κ1) is 11.1. The summed E-state index contributed by atoms with van der Waals surface area (Å²) in [6, 6.07) is 3.73. The van der Waals surface area contributed by atoms with Gasteiger partial charge in [-0.25, -0.2) is 0 Å². The standard InChI is InChI=1S/C10H11BrN4O/c11-6-1-2-7(13-4-6)3-9(16)8-5-14-15-10(8)12/h1-2,4-5,9,16H,3H2,(H3,12,14,15). The summed E-state index contributed by atoms with van der Waals surface area (Å²) in [5, 5.41) is 16.3. The van der Waals surface area contributed by atoms with Crippen LogP contribution in [0.5, 0.6) is 0 Å². The fourth-order valence-corrected chi connectivity index (χ4v) is 1.64. The van der Waals surface area contributed by atoms with Crippen molar-refractivity contribution in [3.8, 4) is 0 Å². The van der Waals surface area contributed by atoms with Gasteiger partial charge in [0.15, 0.2) is 0 Å². The normalized spacial score (nSPS) is 12.6. The van der Waals surface area contributed by atoms with Gasteiger partial charge in [-0.3, -0.25) is 10.1 Å². The van der Waals surface area contributed by atoms with Crippen molar-refractivity contribution in [2.75, 3.05) is 5.73 Å². The molecular weight excluding hydrogens is 272 g/mol. The molecule has 2 aromatic rings. The van der Waals surface area contributed by atoms with Crippen molar-refractivity contribution < 1.29 is 5.11 Å². The number of halogens is 1. The number of nitrogen functional groups attached to an aromatic ring is 1. The summed E-state index contributed by atoms with van der Waals surface area (Å²) in [5.41, 5.74) is 7.02. The Morgan fingerprint density at radius 3 is 2.81 bits per heavy atom. The number of aliphatic hydroxyl groups is 1. The summed E-state index contributed by atoms with van der Waals surface area (Å²) in [6.07, 6.45) is 2.95. The number of rotatable bonds is 3. The Labute approximate surface area is 101 Å². The number of hydrogen-bond donors (Lipinski definition) is 3. The van der Waals surface area contributed by atoms with Gasteiger partial charge in [0.25, 0.3) is 0 Å². The monoisotopic (exact) mass is 282 g/mol. The maximum absolute atomic E-state index is 9.92. The average Bonchev–Trinajstić information content (AvgIpc) is 2.68. The quantitative estimate of drug-likeness (QED) is 0.795. The van der Waals surface area contributed by atoms with Crippen LogP contribution in [0.1, 0.15) is 17.4 Å². The van der Waals surface area contributed by atoms with E-state index in [1.807, 2.05) is 12.1 Å². The van der Waals surface area contributed by atoms with Gasteiger partial charge in [-0.2, -0.15) is 5.10 Å². The number of H-pyrrole nitrogens is 1. The third kappa shape index (κ3) is 2.40. The van der Waals surface area contributed by atoms with Gasteiger partial charge in [0.05, 0.1) is 12.3 Å². The van der Waals surface area contributed by atoms with E-state index in [4.69, 9.17) is 5.73 Å². The third-order valence-electron chi connectivity index (χ3n) is 2.25. The van der Waals surface area contributed by atoms with Crippen molar-refractivity contribution in [3.05, 3.63) is 40.3 Å². The maximum atomic E-state index is 9.92. The van der Waals surface area contributed by atoms with E-state index in [1.54, 1.807) is 6.20 Å². The van der Waals surface area contributed by atoms with Gasteiger partial charge in [-0.05, 0) is 28.1 Å². The number of nitrogens with two attached hydrogens (primary N) is 1. The van der Waals surface area contributed by atoms with E-state index in [2.05, 4.69) is 31.1 Å². The van der Waals surface area contributed by atoms with Crippen molar-refractivity contribution in [2.45, 2.75) is 12.5 Å². The van der Waals surface area contributed by atoms with Crippen molar-refractivity contribution in [1.82, 2.24) is 15.2 Å². The predicted octanol–water partition coefficient (Wildman–Crippen LogP) is 1.43. The van der Waals surface area contributed by atoms with Gasteiger partial charge >= 0.3 is 0 Å². The van der Waals surface area contributed by atoms with E-state index in [9.17, 15) is 5.11 Å². The molecule has 0 bridgehead atoms. The molecule has 2 aromatic heterocycles. The SMILES string of the molecule is Nc1[nH]ncc1C(O)Cc1ccc(Br)cn1. The minimum Gasteiger partial charge on any atom is -0.388 e. The Morgan fingerprint density at radius 1 is 1.44 bits per heavy atom. The Bertz CT molecular complexity index is 468. The van der Waals surface area contributed by atoms with E-state index in [1.165, 1.54) is 6.20 Å². The van der Waals surface area contributed by atoms with Gasteiger partial charge in [-0.15, -0.1) is 0 Å². The minimum atomic E-state index is -0.688. The highest BCUT2D eigenvalue weighted by atomic mass is 79.9. The average molecular weight is 283 g/mol. The van der Waals surface area contributed by atoms with Crippen molar-refractivity contribution in [3.63, 3.8) is 0 Å². The molecule has 0 amide bonds. The van der Waals surface area contributed by atoms with Gasteiger partial charge in [0, 0.05) is 28.3 Å². The lowest BCUT2D eigenvalue weighted by Crippen LogP contribution is -2.04. The largest absolute Gasteiger partial charge is 0.388 e. The summed E-state index contributed by atoms with van der Waals surface area (Å²) in [4.78, 5) is 4.18. The Hall–Kier alpha value is -1.40. The second-order valence-electron chi connectivity index (χ2n) is 3.43.